The van der Waals surface area contributed by atoms with Crippen molar-refractivity contribution in [2.75, 3.05) is 5.75 Å². The van der Waals surface area contributed by atoms with Gasteiger partial charge in [0.05, 0.1) is 10.5 Å². The lowest BCUT2D eigenvalue weighted by Gasteiger charge is -2.56. The fourth-order valence-electron chi connectivity index (χ4n) is 4.96. The highest BCUT2D eigenvalue weighted by Crippen LogP contribution is 2.58. The zero-order valence-corrected chi connectivity index (χ0v) is 11.6. The smallest absolute Gasteiger partial charge is 0.156 e. The minimum absolute atomic E-state index is 0.281. The van der Waals surface area contributed by atoms with Gasteiger partial charge in [-0.15, -0.1) is 0 Å². The van der Waals surface area contributed by atoms with Crippen LogP contribution >= 0.6 is 0 Å². The van der Waals surface area contributed by atoms with Gasteiger partial charge in [-0.1, -0.05) is 13.3 Å². The van der Waals surface area contributed by atoms with E-state index in [1.807, 2.05) is 0 Å². The van der Waals surface area contributed by atoms with Crippen molar-refractivity contribution < 1.29 is 8.42 Å². The van der Waals surface area contributed by atoms with Crippen LogP contribution in [0, 0.1) is 17.8 Å². The zero-order valence-electron chi connectivity index (χ0n) is 10.8. The lowest BCUT2D eigenvalue weighted by atomic mass is 9.56. The Balaban J connectivity index is 1.86. The predicted molar refractivity (Wildman–Crippen MR) is 69.6 cm³/mol. The summed E-state index contributed by atoms with van der Waals surface area (Å²) < 4.78 is 25.0. The van der Waals surface area contributed by atoms with Gasteiger partial charge in [0.15, 0.2) is 9.84 Å². The van der Waals surface area contributed by atoms with Gasteiger partial charge in [0.2, 0.25) is 0 Å². The molecule has 0 aliphatic heterocycles. The molecule has 4 aliphatic carbocycles. The molecule has 0 unspecified atom stereocenters. The third kappa shape index (κ3) is 1.85. The average molecular weight is 256 g/mol. The number of hydrogen-bond donors (Lipinski definition) is 0. The molecule has 17 heavy (non-hydrogen) atoms. The Morgan fingerprint density at radius 3 is 1.88 bits per heavy atom. The van der Waals surface area contributed by atoms with Crippen molar-refractivity contribution >= 4 is 9.84 Å². The van der Waals surface area contributed by atoms with Crippen LogP contribution in [-0.2, 0) is 9.84 Å². The third-order valence-electron chi connectivity index (χ3n) is 5.41. The van der Waals surface area contributed by atoms with Gasteiger partial charge < -0.3 is 0 Å². The van der Waals surface area contributed by atoms with Gasteiger partial charge >= 0.3 is 0 Å². The lowest BCUT2D eigenvalue weighted by molar-refractivity contribution is 0.0339. The molecule has 4 aliphatic rings. The van der Waals surface area contributed by atoms with Gasteiger partial charge in [-0.05, 0) is 62.7 Å². The van der Waals surface area contributed by atoms with E-state index in [4.69, 9.17) is 0 Å². The standard InChI is InChI=1S/C14H24O2S/c1-2-3-4-17(15,16)14-8-11-5-12(9-14)7-13(6-11)10-14/h11-13H,2-10H2,1H3. The molecule has 0 atom stereocenters. The molecule has 4 saturated carbocycles. The molecule has 0 heterocycles. The van der Waals surface area contributed by atoms with Crippen LogP contribution in [0.2, 0.25) is 0 Å². The largest absolute Gasteiger partial charge is 0.228 e. The molecule has 98 valence electrons. The molecule has 3 heteroatoms. The second kappa shape index (κ2) is 3.97. The SMILES string of the molecule is CCCCS(=O)(=O)C12CC3CC(CC(C3)C1)C2. The summed E-state index contributed by atoms with van der Waals surface area (Å²) in [7, 11) is -2.84. The van der Waals surface area contributed by atoms with Crippen LogP contribution in [-0.4, -0.2) is 18.9 Å². The first-order valence-electron chi connectivity index (χ1n) is 7.27. The normalized spacial score (nSPS) is 44.2. The van der Waals surface area contributed by atoms with Crippen molar-refractivity contribution in [3.05, 3.63) is 0 Å². The Morgan fingerprint density at radius 1 is 1.00 bits per heavy atom. The second-order valence-electron chi connectivity index (χ2n) is 6.77. The Labute approximate surface area is 105 Å². The Morgan fingerprint density at radius 2 is 1.47 bits per heavy atom. The quantitative estimate of drug-likeness (QED) is 0.774. The Hall–Kier alpha value is -0.0500. The summed E-state index contributed by atoms with van der Waals surface area (Å²) in [5.74, 6) is 2.64. The number of rotatable bonds is 4. The summed E-state index contributed by atoms with van der Waals surface area (Å²) in [6, 6.07) is 0. The van der Waals surface area contributed by atoms with Crippen LogP contribution in [0.25, 0.3) is 0 Å². The molecule has 0 aromatic carbocycles. The van der Waals surface area contributed by atoms with Gasteiger partial charge in [-0.25, -0.2) is 8.42 Å². The minimum atomic E-state index is -2.84. The molecule has 0 amide bonds. The maximum Gasteiger partial charge on any atom is 0.156 e. The summed E-state index contributed by atoms with van der Waals surface area (Å²) >= 11 is 0. The number of sulfone groups is 1. The maximum atomic E-state index is 12.6. The molecule has 0 radical (unpaired) electrons. The van der Waals surface area contributed by atoms with Crippen molar-refractivity contribution in [2.24, 2.45) is 17.8 Å². The van der Waals surface area contributed by atoms with E-state index in [0.29, 0.717) is 5.75 Å². The molecule has 4 bridgehead atoms. The van der Waals surface area contributed by atoms with Crippen LogP contribution in [0.5, 0.6) is 0 Å². The highest BCUT2D eigenvalue weighted by Gasteiger charge is 2.56. The molecule has 0 aromatic rings. The summed E-state index contributed by atoms with van der Waals surface area (Å²) in [4.78, 5) is 0. The summed E-state index contributed by atoms with van der Waals surface area (Å²) in [6.07, 6.45) is 8.78. The van der Waals surface area contributed by atoms with Crippen LogP contribution in [0.1, 0.15) is 58.3 Å². The summed E-state index contributed by atoms with van der Waals surface area (Å²) in [6.45, 7) is 2.08. The van der Waals surface area contributed by atoms with E-state index in [1.165, 1.54) is 19.3 Å². The average Bonchev–Trinajstić information content (AvgIpc) is 2.24. The van der Waals surface area contributed by atoms with Crippen molar-refractivity contribution in [1.29, 1.82) is 0 Å². The van der Waals surface area contributed by atoms with Gasteiger partial charge in [-0.3, -0.25) is 0 Å². The Bertz CT molecular complexity index is 361. The van der Waals surface area contributed by atoms with E-state index in [9.17, 15) is 8.42 Å². The van der Waals surface area contributed by atoms with Crippen molar-refractivity contribution in [3.63, 3.8) is 0 Å². The van der Waals surface area contributed by atoms with Crippen LogP contribution in [0.4, 0.5) is 0 Å². The van der Waals surface area contributed by atoms with Crippen molar-refractivity contribution in [2.45, 2.75) is 63.0 Å². The highest BCUT2D eigenvalue weighted by molar-refractivity contribution is 7.92. The molecule has 2 nitrogen and oxygen atoms in total. The predicted octanol–water partition coefficient (Wildman–Crippen LogP) is 3.17. The van der Waals surface area contributed by atoms with Gasteiger partial charge in [-0.2, -0.15) is 0 Å². The molecule has 0 spiro atoms. The van der Waals surface area contributed by atoms with Crippen molar-refractivity contribution in [1.82, 2.24) is 0 Å². The van der Waals surface area contributed by atoms with E-state index in [2.05, 4.69) is 6.92 Å². The van der Waals surface area contributed by atoms with Crippen molar-refractivity contribution in [3.8, 4) is 0 Å². The van der Waals surface area contributed by atoms with Crippen LogP contribution in [0.15, 0.2) is 0 Å². The summed E-state index contributed by atoms with van der Waals surface area (Å²) in [5.41, 5.74) is 0. The van der Waals surface area contributed by atoms with E-state index >= 15 is 0 Å². The highest BCUT2D eigenvalue weighted by atomic mass is 32.2. The maximum absolute atomic E-state index is 12.6. The number of hydrogen-bond acceptors (Lipinski definition) is 2. The van der Waals surface area contributed by atoms with Gasteiger partial charge in [0.25, 0.3) is 0 Å². The fourth-order valence-corrected chi connectivity index (χ4v) is 7.53. The second-order valence-corrected chi connectivity index (χ2v) is 9.28. The molecule has 0 aromatic heterocycles. The first-order valence-corrected chi connectivity index (χ1v) is 8.92. The molecule has 4 fully saturated rings. The van der Waals surface area contributed by atoms with Crippen LogP contribution < -0.4 is 0 Å². The first kappa shape index (κ1) is 12.0. The van der Waals surface area contributed by atoms with E-state index in [1.54, 1.807) is 0 Å². The molecule has 0 N–H and O–H groups in total. The lowest BCUT2D eigenvalue weighted by Crippen LogP contribution is -2.55. The van der Waals surface area contributed by atoms with E-state index in [0.717, 1.165) is 49.9 Å². The van der Waals surface area contributed by atoms with Gasteiger partial charge in [0.1, 0.15) is 0 Å². The molecular weight excluding hydrogens is 232 g/mol. The monoisotopic (exact) mass is 256 g/mol. The Kier molecular flexibility index (Phi) is 2.81. The van der Waals surface area contributed by atoms with E-state index in [-0.39, 0.29) is 4.75 Å². The first-order chi connectivity index (χ1) is 8.05. The minimum Gasteiger partial charge on any atom is -0.228 e. The topological polar surface area (TPSA) is 34.1 Å². The number of unbranched alkanes of at least 4 members (excludes halogenated alkanes) is 1. The van der Waals surface area contributed by atoms with E-state index < -0.39 is 9.84 Å². The van der Waals surface area contributed by atoms with Gasteiger partial charge in [0, 0.05) is 0 Å². The molecular formula is C14H24O2S. The fraction of sp³-hybridized carbons (Fsp3) is 1.00. The van der Waals surface area contributed by atoms with Crippen LogP contribution in [0.3, 0.4) is 0 Å². The zero-order chi connectivity index (χ0) is 12.1. The third-order valence-corrected chi connectivity index (χ3v) is 8.05. The molecule has 4 rings (SSSR count). The molecule has 0 saturated heterocycles. The summed E-state index contributed by atoms with van der Waals surface area (Å²) in [5, 5.41) is 0.